The summed E-state index contributed by atoms with van der Waals surface area (Å²) in [5.74, 6) is 0.440. The third kappa shape index (κ3) is 11.9. The molecule has 0 N–H and O–H groups in total. The van der Waals surface area contributed by atoms with Crippen molar-refractivity contribution in [2.45, 2.75) is 51.3 Å². The van der Waals surface area contributed by atoms with Crippen molar-refractivity contribution < 1.29 is 4.79 Å². The van der Waals surface area contributed by atoms with Crippen molar-refractivity contribution in [3.05, 3.63) is 0 Å². The van der Waals surface area contributed by atoms with Gasteiger partial charge in [-0.05, 0) is 12.8 Å². The van der Waals surface area contributed by atoms with E-state index in [9.17, 15) is 4.79 Å². The summed E-state index contributed by atoms with van der Waals surface area (Å²) in [6.07, 6.45) is 7.34. The molecule has 0 saturated carbocycles. The number of hydrogen-bond acceptors (Lipinski definition) is 1. The number of rotatable bonds is 8. The molecule has 0 radical (unpaired) electrons. The second-order valence-corrected chi connectivity index (χ2v) is 15.2. The van der Waals surface area contributed by atoms with E-state index in [-0.39, 0.29) is -0.565 Å². The number of ketones is 1. The molecule has 0 aliphatic rings. The lowest BCUT2D eigenvalue weighted by Gasteiger charge is -2.10. The molecule has 14 heavy (non-hydrogen) atoms. The maximum atomic E-state index is 11.4. The maximum absolute atomic E-state index is 11.4. The average Bonchev–Trinajstić information content (AvgIpc) is 2.08. The molecule has 0 aromatic heterocycles. The summed E-state index contributed by atoms with van der Waals surface area (Å²) in [6.45, 7) is 2.19. The van der Waals surface area contributed by atoms with Gasteiger partial charge in [-0.2, -0.15) is 0 Å². The molecule has 1 nitrogen and oxygen atoms in total. The van der Waals surface area contributed by atoms with Crippen LogP contribution < -0.4 is 0 Å². The minimum atomic E-state index is 0.215. The van der Waals surface area contributed by atoms with Crippen LogP contribution in [0.3, 0.4) is 0 Å². The highest BCUT2D eigenvalue weighted by Crippen LogP contribution is 2.39. The Morgan fingerprint density at radius 1 is 1.07 bits per heavy atom. The number of Topliss-reactive ketones (excluding diaryl/α,β-unsaturated/α-hetero) is 1. The van der Waals surface area contributed by atoms with Crippen LogP contribution in [-0.4, -0.2) is 5.22 Å². The predicted octanol–water partition coefficient (Wildman–Crippen LogP) is 5.26. The Hall–Kier alpha value is 1.86. The Morgan fingerprint density at radius 2 is 1.71 bits per heavy atom. The number of halogens is 3. The average molecular weight is 534 g/mol. The Morgan fingerprint density at radius 3 is 2.21 bits per heavy atom. The van der Waals surface area contributed by atoms with Gasteiger partial charge in [-0.3, -0.25) is 4.79 Å². The topological polar surface area (TPSA) is 17.1 Å². The fraction of sp³-hybridized carbons (Fsp3) is 0.900. The minimum Gasteiger partial charge on any atom is -0.300 e. The molecule has 0 heterocycles. The van der Waals surface area contributed by atoms with Gasteiger partial charge in [0.05, 0.1) is 0 Å². The van der Waals surface area contributed by atoms with Gasteiger partial charge in [0, 0.05) is 12.8 Å². The number of unbranched alkanes of at least 4 members (excludes halogenated alkanes) is 3. The zero-order valence-electron chi connectivity index (χ0n) is 8.49. The first-order chi connectivity index (χ1) is 6.45. The minimum absolute atomic E-state index is 0.215. The van der Waals surface area contributed by atoms with Gasteiger partial charge in [0.15, 0.2) is 0 Å². The quantitative estimate of drug-likeness (QED) is 0.236. The summed E-state index contributed by atoms with van der Waals surface area (Å²) in [7, 11) is 0. The van der Waals surface area contributed by atoms with Crippen LogP contribution in [0, 0.1) is 0 Å². The van der Waals surface area contributed by atoms with Crippen molar-refractivity contribution in [3.8, 4) is 0 Å². The van der Waals surface area contributed by atoms with Crippen LogP contribution in [0.1, 0.15) is 51.9 Å². The molecule has 0 spiro atoms. The van der Waals surface area contributed by atoms with Crippen molar-refractivity contribution in [3.63, 3.8) is 0 Å². The molecule has 0 aromatic rings. The highest BCUT2D eigenvalue weighted by atomic mass is 127. The van der Waals surface area contributed by atoms with Crippen LogP contribution in [0.15, 0.2) is 0 Å². The van der Waals surface area contributed by atoms with E-state index in [1.54, 1.807) is 0 Å². The van der Waals surface area contributed by atoms with E-state index in [1.165, 1.54) is 19.3 Å². The van der Waals surface area contributed by atoms with Gasteiger partial charge in [0.1, 0.15) is 5.22 Å². The van der Waals surface area contributed by atoms with Crippen molar-refractivity contribution >= 4 is 73.6 Å². The van der Waals surface area contributed by atoms with E-state index >= 15 is 0 Å². The van der Waals surface area contributed by atoms with Crippen molar-refractivity contribution in [2.75, 3.05) is 0 Å². The summed E-state index contributed by atoms with van der Waals surface area (Å²) in [5, 5.41) is 0. The lowest BCUT2D eigenvalue weighted by Crippen LogP contribution is -2.05. The first kappa shape index (κ1) is 15.9. The van der Waals surface area contributed by atoms with Crippen LogP contribution in [-0.2, 0) is 4.79 Å². The molecule has 0 aliphatic carbocycles. The first-order valence-corrected chi connectivity index (χ1v) is 8.28. The highest BCUT2D eigenvalue weighted by molar-refractivity contribution is 14.3. The Bertz CT molecular complexity index is 163. The molecule has 0 bridgehead atoms. The zero-order chi connectivity index (χ0) is 11.0. The second kappa shape index (κ2) is 8.95. The number of carbonyl (C=O) groups excluding carboxylic acids is 1. The van der Waals surface area contributed by atoms with E-state index in [0.717, 1.165) is 25.7 Å². The Kier molecular flexibility index (Phi) is 10.1. The van der Waals surface area contributed by atoms with Gasteiger partial charge in [-0.15, -0.1) is 0 Å². The van der Waals surface area contributed by atoms with E-state index in [1.807, 2.05) is 0 Å². The van der Waals surface area contributed by atoms with Gasteiger partial charge in [0.2, 0.25) is 0 Å². The van der Waals surface area contributed by atoms with Gasteiger partial charge in [0.25, 0.3) is 0 Å². The smallest absolute Gasteiger partial charge is 0.133 e. The summed E-state index contributed by atoms with van der Waals surface area (Å²) in [4.78, 5) is 11.4. The van der Waals surface area contributed by atoms with Gasteiger partial charge >= 0.3 is 0 Å². The third-order valence-corrected chi connectivity index (χ3v) is 3.61. The Balaban J connectivity index is 3.38. The molecule has 0 aliphatic heterocycles. The number of alkyl halides is 3. The predicted molar refractivity (Wildman–Crippen MR) is 87.8 cm³/mol. The molecule has 0 fully saturated rings. The van der Waals surface area contributed by atoms with Crippen LogP contribution in [0.2, 0.25) is 0 Å². The van der Waals surface area contributed by atoms with E-state index in [0.29, 0.717) is 5.78 Å². The lowest BCUT2D eigenvalue weighted by molar-refractivity contribution is -0.119. The van der Waals surface area contributed by atoms with E-state index in [4.69, 9.17) is 0 Å². The van der Waals surface area contributed by atoms with Crippen molar-refractivity contribution in [1.29, 1.82) is 0 Å². The molecular formula is C10H17I3O. The largest absolute Gasteiger partial charge is 0.300 e. The fourth-order valence-corrected chi connectivity index (χ4v) is 1.96. The molecule has 4 heteroatoms. The first-order valence-electron chi connectivity index (χ1n) is 5.04. The number of hydrogen-bond donors (Lipinski definition) is 0. The zero-order valence-corrected chi connectivity index (χ0v) is 15.0. The molecule has 0 atom stereocenters. The SMILES string of the molecule is CCCCCCC(=O)CCC(I)(I)I. The van der Waals surface area contributed by atoms with Gasteiger partial charge < -0.3 is 0 Å². The van der Waals surface area contributed by atoms with Crippen molar-refractivity contribution in [2.24, 2.45) is 0 Å². The fourth-order valence-electron chi connectivity index (χ4n) is 1.16. The highest BCUT2D eigenvalue weighted by Gasteiger charge is 2.18. The second-order valence-electron chi connectivity index (χ2n) is 3.46. The molecule has 0 unspecified atom stereocenters. The molecule has 0 amide bonds. The third-order valence-electron chi connectivity index (χ3n) is 2.00. The van der Waals surface area contributed by atoms with Crippen LogP contribution >= 0.6 is 67.8 Å². The van der Waals surface area contributed by atoms with Gasteiger partial charge in [-0.1, -0.05) is 94.0 Å². The van der Waals surface area contributed by atoms with E-state index in [2.05, 4.69) is 74.7 Å². The van der Waals surface area contributed by atoms with Crippen LogP contribution in [0.25, 0.3) is 0 Å². The summed E-state index contributed by atoms with van der Waals surface area (Å²) >= 11 is 7.15. The molecule has 0 rings (SSSR count). The van der Waals surface area contributed by atoms with E-state index < -0.39 is 0 Å². The maximum Gasteiger partial charge on any atom is 0.133 e. The normalized spacial score (nSPS) is 11.7. The summed E-state index contributed by atoms with van der Waals surface area (Å²) in [5.41, 5.74) is 0. The van der Waals surface area contributed by atoms with Crippen LogP contribution in [0.5, 0.6) is 0 Å². The molecule has 84 valence electrons. The lowest BCUT2D eigenvalue weighted by atomic mass is 10.1. The van der Waals surface area contributed by atoms with Crippen molar-refractivity contribution in [1.82, 2.24) is 0 Å². The van der Waals surface area contributed by atoms with Crippen LogP contribution in [0.4, 0.5) is 0 Å². The Labute approximate surface area is 128 Å². The van der Waals surface area contributed by atoms with Gasteiger partial charge in [-0.25, -0.2) is 0 Å². The molecule has 0 saturated heterocycles. The summed E-state index contributed by atoms with van der Waals surface area (Å²) in [6, 6.07) is 0. The standard InChI is InChI=1S/C10H17I3O/c1-2-3-4-5-6-9(14)7-8-10(11,12)13/h2-8H2,1H3. The number of carbonyl (C=O) groups is 1. The molecular weight excluding hydrogens is 517 g/mol. The monoisotopic (exact) mass is 534 g/mol. The molecule has 0 aromatic carbocycles. The summed E-state index contributed by atoms with van der Waals surface area (Å²) < 4.78 is 0.215.